The molecule has 1 aliphatic rings. The summed E-state index contributed by atoms with van der Waals surface area (Å²) in [7, 11) is 1.63. The van der Waals surface area contributed by atoms with Gasteiger partial charge in [0.05, 0.1) is 0 Å². The van der Waals surface area contributed by atoms with Gasteiger partial charge in [0.15, 0.2) is 0 Å². The van der Waals surface area contributed by atoms with E-state index >= 15 is 0 Å². The van der Waals surface area contributed by atoms with E-state index < -0.39 is 0 Å². The number of benzene rings is 1. The van der Waals surface area contributed by atoms with Crippen molar-refractivity contribution in [1.29, 1.82) is 0 Å². The van der Waals surface area contributed by atoms with Crippen molar-refractivity contribution >= 4 is 5.91 Å². The Labute approximate surface area is 147 Å². The third-order valence-corrected chi connectivity index (χ3v) is 4.85. The van der Waals surface area contributed by atoms with Gasteiger partial charge in [-0.3, -0.25) is 14.3 Å². The molecule has 1 aromatic heterocycles. The van der Waals surface area contributed by atoms with Gasteiger partial charge in [-0.05, 0) is 18.9 Å². The van der Waals surface area contributed by atoms with E-state index in [-0.39, 0.29) is 18.1 Å². The number of aryl methyl sites for hydroxylation is 1. The average Bonchev–Trinajstić information content (AvgIpc) is 2.81. The first-order chi connectivity index (χ1) is 12.0. The molecule has 1 amide bonds. The highest BCUT2D eigenvalue weighted by Gasteiger charge is 2.24. The minimum Gasteiger partial charge on any atom is -0.340 e. The molecule has 7 nitrogen and oxygen atoms in total. The number of carbonyl (C=O) groups excluding carboxylic acids is 1. The van der Waals surface area contributed by atoms with Crippen LogP contribution in [0.25, 0.3) is 0 Å². The van der Waals surface area contributed by atoms with Crippen molar-refractivity contribution in [3.8, 4) is 0 Å². The topological polar surface area (TPSA) is 63.4 Å². The van der Waals surface area contributed by atoms with E-state index in [4.69, 9.17) is 0 Å². The van der Waals surface area contributed by atoms with Crippen LogP contribution in [0.2, 0.25) is 0 Å². The van der Waals surface area contributed by atoms with Gasteiger partial charge in [0, 0.05) is 39.3 Å². The molecule has 3 rings (SSSR count). The molecule has 1 unspecified atom stereocenters. The van der Waals surface area contributed by atoms with Gasteiger partial charge in [-0.2, -0.15) is 5.10 Å². The van der Waals surface area contributed by atoms with E-state index in [1.807, 2.05) is 11.0 Å². The van der Waals surface area contributed by atoms with Crippen LogP contribution < -0.4 is 5.69 Å². The van der Waals surface area contributed by atoms with E-state index in [0.717, 1.165) is 19.5 Å². The van der Waals surface area contributed by atoms with Crippen LogP contribution >= 0.6 is 0 Å². The molecule has 0 bridgehead atoms. The number of amides is 1. The van der Waals surface area contributed by atoms with Gasteiger partial charge in [-0.15, -0.1) is 0 Å². The molecule has 1 aliphatic heterocycles. The molecule has 2 heterocycles. The van der Waals surface area contributed by atoms with Crippen LogP contribution in [0.1, 0.15) is 18.9 Å². The van der Waals surface area contributed by atoms with Crippen molar-refractivity contribution < 1.29 is 4.79 Å². The lowest BCUT2D eigenvalue weighted by Crippen LogP contribution is -2.39. The SMILES string of the molecule is CC1CCN(C(=O)Cn2ncn(C)c2=O)CCN1Cc1ccccc1. The highest BCUT2D eigenvalue weighted by atomic mass is 16.2. The summed E-state index contributed by atoms with van der Waals surface area (Å²) in [6.07, 6.45) is 2.36. The predicted molar refractivity (Wildman–Crippen MR) is 95.0 cm³/mol. The fourth-order valence-electron chi connectivity index (χ4n) is 3.17. The van der Waals surface area contributed by atoms with E-state index in [2.05, 4.69) is 41.2 Å². The molecule has 2 aromatic rings. The summed E-state index contributed by atoms with van der Waals surface area (Å²) in [4.78, 5) is 28.7. The molecule has 134 valence electrons. The normalized spacial score (nSPS) is 19.0. The molecule has 1 atom stereocenters. The second-order valence-electron chi connectivity index (χ2n) is 6.66. The maximum absolute atomic E-state index is 12.6. The Morgan fingerprint density at radius 3 is 2.64 bits per heavy atom. The minimum atomic E-state index is -0.262. The summed E-state index contributed by atoms with van der Waals surface area (Å²) in [5.41, 5.74) is 1.02. The van der Waals surface area contributed by atoms with Crippen molar-refractivity contribution in [3.63, 3.8) is 0 Å². The summed E-state index contributed by atoms with van der Waals surface area (Å²) in [5, 5.41) is 3.97. The molecular weight excluding hydrogens is 318 g/mol. The van der Waals surface area contributed by atoms with E-state index in [1.54, 1.807) is 7.05 Å². The van der Waals surface area contributed by atoms with Crippen LogP contribution in [0.4, 0.5) is 0 Å². The first-order valence-electron chi connectivity index (χ1n) is 8.69. The number of hydrogen-bond donors (Lipinski definition) is 0. The smallest absolute Gasteiger partial charge is 0.340 e. The van der Waals surface area contributed by atoms with Gasteiger partial charge >= 0.3 is 5.69 Å². The third kappa shape index (κ3) is 4.17. The second-order valence-corrected chi connectivity index (χ2v) is 6.66. The van der Waals surface area contributed by atoms with Crippen molar-refractivity contribution in [3.05, 3.63) is 52.7 Å². The Kier molecular flexibility index (Phi) is 5.33. The summed E-state index contributed by atoms with van der Waals surface area (Å²) in [5.74, 6) is -0.0467. The lowest BCUT2D eigenvalue weighted by atomic mass is 10.1. The first kappa shape index (κ1) is 17.4. The summed E-state index contributed by atoms with van der Waals surface area (Å²) >= 11 is 0. The number of hydrogen-bond acceptors (Lipinski definition) is 4. The minimum absolute atomic E-state index is 0.00669. The van der Waals surface area contributed by atoms with Crippen LogP contribution in [0.15, 0.2) is 41.5 Å². The monoisotopic (exact) mass is 343 g/mol. The lowest BCUT2D eigenvalue weighted by Gasteiger charge is -2.26. The molecule has 1 aromatic carbocycles. The second kappa shape index (κ2) is 7.65. The highest BCUT2D eigenvalue weighted by molar-refractivity contribution is 5.75. The van der Waals surface area contributed by atoms with Crippen LogP contribution in [0.3, 0.4) is 0 Å². The summed E-state index contributed by atoms with van der Waals surface area (Å²) in [6.45, 7) is 5.33. The molecule has 1 fully saturated rings. The Morgan fingerprint density at radius 1 is 1.20 bits per heavy atom. The zero-order valence-electron chi connectivity index (χ0n) is 14.8. The zero-order valence-corrected chi connectivity index (χ0v) is 14.8. The average molecular weight is 343 g/mol. The van der Waals surface area contributed by atoms with Gasteiger partial charge in [0.25, 0.3) is 0 Å². The molecule has 7 heteroatoms. The summed E-state index contributed by atoms with van der Waals surface area (Å²) < 4.78 is 2.60. The van der Waals surface area contributed by atoms with Gasteiger partial charge in [-0.1, -0.05) is 30.3 Å². The Morgan fingerprint density at radius 2 is 1.96 bits per heavy atom. The molecule has 0 spiro atoms. The first-order valence-corrected chi connectivity index (χ1v) is 8.69. The standard InChI is InChI=1S/C18H25N5O2/c1-15-8-9-21(17(24)13-23-18(25)20(2)14-19-23)10-11-22(15)12-16-6-4-3-5-7-16/h3-7,14-15H,8-13H2,1-2H3. The van der Waals surface area contributed by atoms with Gasteiger partial charge in [-0.25, -0.2) is 9.48 Å². The molecule has 0 aliphatic carbocycles. The largest absolute Gasteiger partial charge is 0.345 e. The van der Waals surface area contributed by atoms with Crippen LogP contribution in [-0.4, -0.2) is 55.7 Å². The lowest BCUT2D eigenvalue weighted by molar-refractivity contribution is -0.132. The summed E-state index contributed by atoms with van der Waals surface area (Å²) in [6, 6.07) is 10.8. The fourth-order valence-corrected chi connectivity index (χ4v) is 3.17. The zero-order chi connectivity index (χ0) is 17.8. The molecule has 0 saturated carbocycles. The highest BCUT2D eigenvalue weighted by Crippen LogP contribution is 2.15. The van der Waals surface area contributed by atoms with Crippen LogP contribution in [0.5, 0.6) is 0 Å². The van der Waals surface area contributed by atoms with E-state index in [1.165, 1.54) is 21.1 Å². The Hall–Kier alpha value is -2.41. The van der Waals surface area contributed by atoms with E-state index in [9.17, 15) is 9.59 Å². The predicted octanol–water partition coefficient (Wildman–Crippen LogP) is 0.705. The number of carbonyl (C=O) groups is 1. The maximum Gasteiger partial charge on any atom is 0.345 e. The molecule has 25 heavy (non-hydrogen) atoms. The number of nitrogens with zero attached hydrogens (tertiary/aromatic N) is 5. The van der Waals surface area contributed by atoms with Gasteiger partial charge < -0.3 is 4.90 Å². The van der Waals surface area contributed by atoms with Crippen LogP contribution in [-0.2, 0) is 24.9 Å². The third-order valence-electron chi connectivity index (χ3n) is 4.85. The Balaban J connectivity index is 1.61. The fraction of sp³-hybridized carbons (Fsp3) is 0.500. The quantitative estimate of drug-likeness (QED) is 0.820. The van der Waals surface area contributed by atoms with Crippen molar-refractivity contribution in [1.82, 2.24) is 24.1 Å². The van der Waals surface area contributed by atoms with Gasteiger partial charge in [0.2, 0.25) is 5.91 Å². The molecular formula is C18H25N5O2. The van der Waals surface area contributed by atoms with Crippen molar-refractivity contribution in [2.75, 3.05) is 19.6 Å². The Bertz CT molecular complexity index is 767. The van der Waals surface area contributed by atoms with E-state index in [0.29, 0.717) is 19.1 Å². The number of aromatic nitrogens is 3. The number of rotatable bonds is 4. The van der Waals surface area contributed by atoms with Crippen molar-refractivity contribution in [2.24, 2.45) is 7.05 Å². The molecule has 0 N–H and O–H groups in total. The van der Waals surface area contributed by atoms with Crippen LogP contribution in [0, 0.1) is 0 Å². The molecule has 0 radical (unpaired) electrons. The van der Waals surface area contributed by atoms with Gasteiger partial charge in [0.1, 0.15) is 12.9 Å². The maximum atomic E-state index is 12.6. The molecule has 1 saturated heterocycles. The van der Waals surface area contributed by atoms with Crippen molar-refractivity contribution in [2.45, 2.75) is 32.5 Å².